The Morgan fingerprint density at radius 1 is 1.00 bits per heavy atom. The molecule has 1 aromatic carbocycles. The van der Waals surface area contributed by atoms with Crippen molar-refractivity contribution in [1.82, 2.24) is 15.0 Å². The number of aromatic nitrogens is 3. The van der Waals surface area contributed by atoms with E-state index in [2.05, 4.69) is 51.1 Å². The van der Waals surface area contributed by atoms with Crippen LogP contribution in [0.5, 0.6) is 0 Å². The summed E-state index contributed by atoms with van der Waals surface area (Å²) in [6.07, 6.45) is 4.12. The van der Waals surface area contributed by atoms with Crippen molar-refractivity contribution in [3.8, 4) is 0 Å². The molecule has 0 fully saturated rings. The molecule has 0 unspecified atom stereocenters. The van der Waals surface area contributed by atoms with Crippen molar-refractivity contribution in [2.24, 2.45) is 0 Å². The van der Waals surface area contributed by atoms with Gasteiger partial charge in [-0.25, -0.2) is 9.59 Å². The second-order valence-corrected chi connectivity index (χ2v) is 6.48. The molecule has 0 bridgehead atoms. The van der Waals surface area contributed by atoms with Gasteiger partial charge in [0.15, 0.2) is 0 Å². The lowest BCUT2D eigenvalue weighted by Gasteiger charge is -2.21. The molecule has 168 valence electrons. The zero-order chi connectivity index (χ0) is 23.1. The number of benzene rings is 1. The average molecular weight is 431 g/mol. The molecule has 2 aromatic rings. The Labute approximate surface area is 181 Å². The molecule has 10 nitrogen and oxygen atoms in total. The van der Waals surface area contributed by atoms with Crippen LogP contribution in [0.2, 0.25) is 0 Å². The number of nitrogens with two attached hydrogens (primary N) is 1. The van der Waals surface area contributed by atoms with Crippen LogP contribution < -0.4 is 16.0 Å². The zero-order valence-corrected chi connectivity index (χ0v) is 17.9. The topological polar surface area (TPSA) is 155 Å². The number of hydrogen-bond acceptors (Lipinski definition) is 8. The minimum absolute atomic E-state index is 0.259. The summed E-state index contributed by atoms with van der Waals surface area (Å²) >= 11 is 0. The molecule has 0 atom stereocenters. The van der Waals surface area contributed by atoms with Gasteiger partial charge in [-0.3, -0.25) is 0 Å². The van der Waals surface area contributed by atoms with Crippen LogP contribution in [0.15, 0.2) is 42.5 Å². The molecule has 5 N–H and O–H groups in total. The first-order chi connectivity index (χ1) is 14.8. The summed E-state index contributed by atoms with van der Waals surface area (Å²) in [7, 11) is 0. The molecule has 31 heavy (non-hydrogen) atoms. The minimum atomic E-state index is -1.26. The highest BCUT2D eigenvalue weighted by Crippen LogP contribution is 2.13. The highest BCUT2D eigenvalue weighted by atomic mass is 16.4. The SMILES string of the molecule is CCCN(CCC)c1nc(N)nc(NCCc2ccccc2)n1.O=C(O)/C=C/C(=O)O. The molecule has 0 saturated carbocycles. The minimum Gasteiger partial charge on any atom is -0.478 e. The van der Waals surface area contributed by atoms with Gasteiger partial charge in [-0.2, -0.15) is 15.0 Å². The van der Waals surface area contributed by atoms with Crippen LogP contribution >= 0.6 is 0 Å². The largest absolute Gasteiger partial charge is 0.478 e. The van der Waals surface area contributed by atoms with Crippen LogP contribution in [0.25, 0.3) is 0 Å². The van der Waals surface area contributed by atoms with E-state index in [1.54, 1.807) is 0 Å². The maximum atomic E-state index is 9.55. The highest BCUT2D eigenvalue weighted by molar-refractivity contribution is 5.89. The van der Waals surface area contributed by atoms with E-state index >= 15 is 0 Å². The lowest BCUT2D eigenvalue weighted by atomic mass is 10.1. The molecular formula is C21H30N6O4. The second kappa shape index (κ2) is 14.3. The van der Waals surface area contributed by atoms with E-state index in [9.17, 15) is 9.59 Å². The Morgan fingerprint density at radius 2 is 1.58 bits per heavy atom. The van der Waals surface area contributed by atoms with Gasteiger partial charge in [0.1, 0.15) is 0 Å². The third kappa shape index (κ3) is 11.2. The fraction of sp³-hybridized carbons (Fsp3) is 0.381. The summed E-state index contributed by atoms with van der Waals surface area (Å²) in [6.45, 7) is 6.88. The molecular weight excluding hydrogens is 400 g/mol. The predicted octanol–water partition coefficient (Wildman–Crippen LogP) is 2.45. The highest BCUT2D eigenvalue weighted by Gasteiger charge is 2.11. The number of carbonyl (C=O) groups is 2. The molecule has 0 amide bonds. The Hall–Kier alpha value is -3.69. The number of hydrogen-bond donors (Lipinski definition) is 4. The number of carboxylic acid groups (broad SMARTS) is 2. The Bertz CT molecular complexity index is 823. The van der Waals surface area contributed by atoms with Crippen LogP contribution in [0, 0.1) is 0 Å². The van der Waals surface area contributed by atoms with Crippen molar-refractivity contribution in [3.63, 3.8) is 0 Å². The van der Waals surface area contributed by atoms with E-state index in [4.69, 9.17) is 15.9 Å². The first-order valence-electron chi connectivity index (χ1n) is 10.0. The van der Waals surface area contributed by atoms with Gasteiger partial charge in [-0.1, -0.05) is 44.2 Å². The summed E-state index contributed by atoms with van der Waals surface area (Å²) in [5.41, 5.74) is 7.12. The maximum absolute atomic E-state index is 9.55. The molecule has 1 heterocycles. The fourth-order valence-electron chi connectivity index (χ4n) is 2.56. The van der Waals surface area contributed by atoms with Gasteiger partial charge in [0.25, 0.3) is 0 Å². The van der Waals surface area contributed by atoms with Gasteiger partial charge in [0, 0.05) is 31.8 Å². The van der Waals surface area contributed by atoms with Gasteiger partial charge in [-0.05, 0) is 24.8 Å². The number of aliphatic carboxylic acids is 2. The maximum Gasteiger partial charge on any atom is 0.328 e. The third-order valence-corrected chi connectivity index (χ3v) is 3.82. The quantitative estimate of drug-likeness (QED) is 0.391. The van der Waals surface area contributed by atoms with Gasteiger partial charge < -0.3 is 26.2 Å². The summed E-state index contributed by atoms with van der Waals surface area (Å²) < 4.78 is 0. The smallest absolute Gasteiger partial charge is 0.328 e. The Morgan fingerprint density at radius 3 is 2.10 bits per heavy atom. The number of nitrogens with one attached hydrogen (secondary N) is 1. The fourth-order valence-corrected chi connectivity index (χ4v) is 2.56. The van der Waals surface area contributed by atoms with Crippen molar-refractivity contribution in [2.45, 2.75) is 33.1 Å². The normalized spacial score (nSPS) is 10.3. The summed E-state index contributed by atoms with van der Waals surface area (Å²) in [5.74, 6) is -1.06. The monoisotopic (exact) mass is 430 g/mol. The van der Waals surface area contributed by atoms with Gasteiger partial charge in [0.05, 0.1) is 0 Å². The van der Waals surface area contributed by atoms with Crippen molar-refractivity contribution < 1.29 is 19.8 Å². The second-order valence-electron chi connectivity index (χ2n) is 6.48. The Balaban J connectivity index is 0.000000512. The van der Waals surface area contributed by atoms with Gasteiger partial charge >= 0.3 is 11.9 Å². The van der Waals surface area contributed by atoms with E-state index in [1.807, 2.05) is 18.2 Å². The molecule has 0 radical (unpaired) electrons. The van der Waals surface area contributed by atoms with Gasteiger partial charge in [0.2, 0.25) is 17.8 Å². The van der Waals surface area contributed by atoms with Crippen LogP contribution in [0.1, 0.15) is 32.3 Å². The number of carboxylic acids is 2. The van der Waals surface area contributed by atoms with E-state index in [-0.39, 0.29) is 5.95 Å². The van der Waals surface area contributed by atoms with E-state index in [1.165, 1.54) is 5.56 Å². The van der Waals surface area contributed by atoms with Crippen molar-refractivity contribution in [3.05, 3.63) is 48.0 Å². The van der Waals surface area contributed by atoms with Crippen molar-refractivity contribution in [2.75, 3.05) is 35.6 Å². The standard InChI is InChI=1S/C17H26N6.C4H4O4/c1-3-12-23(13-4-2)17-21-15(18)20-16(22-17)19-11-10-14-8-6-5-7-9-14;5-3(6)1-2-4(7)8/h5-9H,3-4,10-13H2,1-2H3,(H3,18,19,20,21,22);1-2H,(H,5,6)(H,7,8)/b;2-1+. The summed E-state index contributed by atoms with van der Waals surface area (Å²) in [6, 6.07) is 10.3. The van der Waals surface area contributed by atoms with Crippen LogP contribution in [0.3, 0.4) is 0 Å². The molecule has 0 aliphatic rings. The molecule has 10 heteroatoms. The Kier molecular flexibility index (Phi) is 11.7. The number of nitrogens with zero attached hydrogens (tertiary/aromatic N) is 4. The molecule has 0 aliphatic heterocycles. The summed E-state index contributed by atoms with van der Waals surface area (Å²) in [5, 5.41) is 18.9. The lowest BCUT2D eigenvalue weighted by molar-refractivity contribution is -0.134. The van der Waals surface area contributed by atoms with Crippen molar-refractivity contribution in [1.29, 1.82) is 0 Å². The average Bonchev–Trinajstić information content (AvgIpc) is 2.73. The summed E-state index contributed by atoms with van der Waals surface area (Å²) in [4.78, 5) is 34.2. The van der Waals surface area contributed by atoms with Crippen LogP contribution in [-0.2, 0) is 16.0 Å². The van der Waals surface area contributed by atoms with Gasteiger partial charge in [-0.15, -0.1) is 0 Å². The van der Waals surface area contributed by atoms with Crippen LogP contribution in [0.4, 0.5) is 17.8 Å². The number of rotatable bonds is 11. The third-order valence-electron chi connectivity index (χ3n) is 3.82. The number of anilines is 3. The first kappa shape index (κ1) is 25.3. The van der Waals surface area contributed by atoms with E-state index in [0.29, 0.717) is 24.0 Å². The van der Waals surface area contributed by atoms with Crippen molar-refractivity contribution >= 4 is 29.8 Å². The molecule has 0 aliphatic carbocycles. The lowest BCUT2D eigenvalue weighted by Crippen LogP contribution is -2.28. The number of nitrogen functional groups attached to an aromatic ring is 1. The molecule has 0 spiro atoms. The van der Waals surface area contributed by atoms with E-state index < -0.39 is 11.9 Å². The molecule has 2 rings (SSSR count). The van der Waals surface area contributed by atoms with Crippen LogP contribution in [-0.4, -0.2) is 56.7 Å². The molecule has 0 saturated heterocycles. The first-order valence-corrected chi connectivity index (χ1v) is 10.0. The van der Waals surface area contributed by atoms with E-state index in [0.717, 1.165) is 38.9 Å². The predicted molar refractivity (Wildman–Crippen MR) is 120 cm³/mol. The zero-order valence-electron chi connectivity index (χ0n) is 17.9. The molecule has 1 aromatic heterocycles.